The molecule has 0 aliphatic rings. The third-order valence-electron chi connectivity index (χ3n) is 2.45. The molecule has 0 aliphatic carbocycles. The maximum atomic E-state index is 5.43. The van der Waals surface area contributed by atoms with Crippen molar-refractivity contribution in [2.24, 2.45) is 0 Å². The van der Waals surface area contributed by atoms with Gasteiger partial charge >= 0.3 is 0 Å². The molecule has 1 rings (SSSR count). The number of ether oxygens (including phenoxy) is 1. The summed E-state index contributed by atoms with van der Waals surface area (Å²) in [6, 6.07) is 6.38. The number of hydrogen-bond acceptors (Lipinski definition) is 3. The summed E-state index contributed by atoms with van der Waals surface area (Å²) < 4.78 is 5.43. The monoisotopic (exact) mass is 300 g/mol. The predicted molar refractivity (Wildman–Crippen MR) is 76.3 cm³/mol. The fraction of sp³-hybridized carbons (Fsp3) is 0.615. The van der Waals surface area contributed by atoms with E-state index in [1.807, 2.05) is 25.1 Å². The Morgan fingerprint density at radius 3 is 2.76 bits per heavy atom. The Labute approximate surface area is 112 Å². The van der Waals surface area contributed by atoms with Gasteiger partial charge in [-0.25, -0.2) is 0 Å². The number of anilines is 1. The number of alkyl halides is 1. The van der Waals surface area contributed by atoms with Gasteiger partial charge in [0.05, 0.1) is 6.61 Å². The van der Waals surface area contributed by atoms with E-state index in [1.54, 1.807) is 0 Å². The van der Waals surface area contributed by atoms with Crippen molar-refractivity contribution in [3.8, 4) is 5.88 Å². The highest BCUT2D eigenvalue weighted by Gasteiger charge is 2.11. The number of pyridine rings is 1. The molecule has 96 valence electrons. The number of nitrogens with zero attached hydrogens (tertiary/aromatic N) is 2. The summed E-state index contributed by atoms with van der Waals surface area (Å²) in [7, 11) is 0. The molecular weight excluding hydrogens is 280 g/mol. The Hall–Kier alpha value is -0.770. The number of aromatic nitrogens is 1. The minimum Gasteiger partial charge on any atom is -0.478 e. The van der Waals surface area contributed by atoms with Crippen LogP contribution in [0.2, 0.25) is 0 Å². The van der Waals surface area contributed by atoms with E-state index in [1.165, 1.54) is 0 Å². The second kappa shape index (κ2) is 7.54. The summed E-state index contributed by atoms with van der Waals surface area (Å²) >= 11 is 3.47. The van der Waals surface area contributed by atoms with Gasteiger partial charge < -0.3 is 9.64 Å². The Bertz CT molecular complexity index is 331. The van der Waals surface area contributed by atoms with E-state index in [2.05, 4.69) is 39.7 Å². The fourth-order valence-corrected chi connectivity index (χ4v) is 1.91. The van der Waals surface area contributed by atoms with Crippen molar-refractivity contribution in [1.29, 1.82) is 0 Å². The maximum absolute atomic E-state index is 5.43. The molecule has 0 amide bonds. The van der Waals surface area contributed by atoms with E-state index in [0.29, 0.717) is 18.5 Å². The molecule has 0 N–H and O–H groups in total. The largest absolute Gasteiger partial charge is 0.478 e. The fourth-order valence-electron chi connectivity index (χ4n) is 1.66. The van der Waals surface area contributed by atoms with Crippen molar-refractivity contribution < 1.29 is 4.74 Å². The van der Waals surface area contributed by atoms with Crippen molar-refractivity contribution in [3.63, 3.8) is 0 Å². The van der Waals surface area contributed by atoms with Gasteiger partial charge in [0.2, 0.25) is 5.88 Å². The highest BCUT2D eigenvalue weighted by Crippen LogP contribution is 2.18. The molecule has 0 aromatic carbocycles. The topological polar surface area (TPSA) is 25.4 Å². The Kier molecular flexibility index (Phi) is 6.34. The zero-order chi connectivity index (χ0) is 12.7. The van der Waals surface area contributed by atoms with Crippen molar-refractivity contribution in [1.82, 2.24) is 4.98 Å². The summed E-state index contributed by atoms with van der Waals surface area (Å²) in [5.41, 5.74) is 0. The molecule has 0 fully saturated rings. The molecule has 0 radical (unpaired) electrons. The smallest absolute Gasteiger partial charge is 0.215 e. The Balaban J connectivity index is 2.81. The molecule has 17 heavy (non-hydrogen) atoms. The highest BCUT2D eigenvalue weighted by molar-refractivity contribution is 9.09. The van der Waals surface area contributed by atoms with Gasteiger partial charge in [0.15, 0.2) is 0 Å². The molecule has 1 heterocycles. The Morgan fingerprint density at radius 1 is 1.41 bits per heavy atom. The van der Waals surface area contributed by atoms with Gasteiger partial charge in [0, 0.05) is 24.0 Å². The minimum atomic E-state index is 0.443. The summed E-state index contributed by atoms with van der Waals surface area (Å²) in [6.07, 6.45) is 1.11. The quantitative estimate of drug-likeness (QED) is 0.721. The molecule has 0 saturated carbocycles. The molecule has 0 spiro atoms. The first-order chi connectivity index (χ1) is 8.19. The van der Waals surface area contributed by atoms with Crippen LogP contribution in [0.25, 0.3) is 0 Å². The van der Waals surface area contributed by atoms with Gasteiger partial charge in [0.1, 0.15) is 5.82 Å². The lowest BCUT2D eigenvalue weighted by atomic mass is 10.3. The first-order valence-electron chi connectivity index (χ1n) is 6.11. The standard InChI is InChI=1S/C13H21BrN2O/c1-4-17-13-8-5-7-12(15-13)16(11(2)3)10-6-9-14/h5,7-8,11H,4,6,9-10H2,1-3H3. The number of hydrogen-bond donors (Lipinski definition) is 0. The molecule has 0 saturated heterocycles. The van der Waals surface area contributed by atoms with Crippen LogP contribution in [0.4, 0.5) is 5.82 Å². The first kappa shape index (κ1) is 14.3. The van der Waals surface area contributed by atoms with Crippen molar-refractivity contribution in [3.05, 3.63) is 18.2 Å². The molecule has 0 atom stereocenters. The number of rotatable bonds is 7. The summed E-state index contributed by atoms with van der Waals surface area (Å²) in [4.78, 5) is 6.82. The normalized spacial score (nSPS) is 10.6. The van der Waals surface area contributed by atoms with E-state index in [-0.39, 0.29) is 0 Å². The van der Waals surface area contributed by atoms with Gasteiger partial charge in [-0.3, -0.25) is 0 Å². The summed E-state index contributed by atoms with van der Waals surface area (Å²) in [5, 5.41) is 1.02. The van der Waals surface area contributed by atoms with Crippen LogP contribution in [0.3, 0.4) is 0 Å². The van der Waals surface area contributed by atoms with Crippen LogP contribution in [-0.2, 0) is 0 Å². The molecule has 1 aromatic heterocycles. The van der Waals surface area contributed by atoms with Crippen LogP contribution < -0.4 is 9.64 Å². The molecule has 0 bridgehead atoms. The van der Waals surface area contributed by atoms with Crippen LogP contribution in [0.15, 0.2) is 18.2 Å². The van der Waals surface area contributed by atoms with E-state index in [9.17, 15) is 0 Å². The van der Waals surface area contributed by atoms with E-state index in [4.69, 9.17) is 4.74 Å². The van der Waals surface area contributed by atoms with Crippen LogP contribution in [0.5, 0.6) is 5.88 Å². The van der Waals surface area contributed by atoms with Crippen molar-refractivity contribution in [2.45, 2.75) is 33.2 Å². The lowest BCUT2D eigenvalue weighted by Crippen LogP contribution is -2.32. The molecular formula is C13H21BrN2O. The summed E-state index contributed by atoms with van der Waals surface area (Å²) in [6.45, 7) is 8.00. The van der Waals surface area contributed by atoms with Gasteiger partial charge in [-0.15, -0.1) is 0 Å². The average Bonchev–Trinajstić information content (AvgIpc) is 2.30. The van der Waals surface area contributed by atoms with Crippen molar-refractivity contribution >= 4 is 21.7 Å². The molecule has 4 heteroatoms. The molecule has 0 unspecified atom stereocenters. The second-order valence-electron chi connectivity index (χ2n) is 4.10. The highest BCUT2D eigenvalue weighted by atomic mass is 79.9. The van der Waals surface area contributed by atoms with Crippen molar-refractivity contribution in [2.75, 3.05) is 23.4 Å². The zero-order valence-corrected chi connectivity index (χ0v) is 12.4. The molecule has 3 nitrogen and oxygen atoms in total. The zero-order valence-electron chi connectivity index (χ0n) is 10.8. The van der Waals surface area contributed by atoms with E-state index >= 15 is 0 Å². The maximum Gasteiger partial charge on any atom is 0.215 e. The van der Waals surface area contributed by atoms with Gasteiger partial charge in [-0.05, 0) is 33.3 Å². The lowest BCUT2D eigenvalue weighted by molar-refractivity contribution is 0.327. The van der Waals surface area contributed by atoms with Gasteiger partial charge in [0.25, 0.3) is 0 Å². The van der Waals surface area contributed by atoms with Crippen LogP contribution >= 0.6 is 15.9 Å². The predicted octanol–water partition coefficient (Wildman–Crippen LogP) is 3.48. The minimum absolute atomic E-state index is 0.443. The third-order valence-corrected chi connectivity index (χ3v) is 3.01. The second-order valence-corrected chi connectivity index (χ2v) is 4.89. The third kappa shape index (κ3) is 4.54. The van der Waals surface area contributed by atoms with Crippen LogP contribution in [0.1, 0.15) is 27.2 Å². The Morgan fingerprint density at radius 2 is 2.18 bits per heavy atom. The van der Waals surface area contributed by atoms with E-state index < -0.39 is 0 Å². The molecule has 0 aliphatic heterocycles. The van der Waals surface area contributed by atoms with Crippen LogP contribution in [-0.4, -0.2) is 29.5 Å². The lowest BCUT2D eigenvalue weighted by Gasteiger charge is -2.27. The first-order valence-corrected chi connectivity index (χ1v) is 7.23. The van der Waals surface area contributed by atoms with Gasteiger partial charge in [-0.1, -0.05) is 22.0 Å². The summed E-state index contributed by atoms with van der Waals surface area (Å²) in [5.74, 6) is 1.70. The average molecular weight is 301 g/mol. The number of halogens is 1. The van der Waals surface area contributed by atoms with Crippen LogP contribution in [0, 0.1) is 0 Å². The van der Waals surface area contributed by atoms with Gasteiger partial charge in [-0.2, -0.15) is 4.98 Å². The van der Waals surface area contributed by atoms with E-state index in [0.717, 1.165) is 24.1 Å². The molecule has 1 aromatic rings. The SMILES string of the molecule is CCOc1cccc(N(CCCBr)C(C)C)n1.